The molecule has 448 valence electrons. The van der Waals surface area contributed by atoms with E-state index in [0.717, 1.165) is 70.6 Å². The maximum atomic E-state index is 12.9. The lowest BCUT2D eigenvalue weighted by molar-refractivity contribution is -0.167. The molecule has 76 heavy (non-hydrogen) atoms. The van der Waals surface area contributed by atoms with Crippen LogP contribution in [0.4, 0.5) is 0 Å². The van der Waals surface area contributed by atoms with Crippen LogP contribution in [-0.2, 0) is 28.6 Å². The standard InChI is InChI=1S/C70H132O6/c1-4-7-10-13-16-19-22-24-26-28-30-32-33-34-35-36-37-39-40-42-44-46-48-51-54-57-60-63-69(72)75-66-67(65-74-68(71)62-59-56-53-50-21-18-15-12-9-6-3)76-70(73)64-61-58-55-52-49-47-45-43-41-38-31-29-27-25-23-20-17-14-11-8-5-2/h12,15,28,30,67H,4-11,13-14,16-27,29,31-66H2,1-3H3/b15-12-,30-28-. The van der Waals surface area contributed by atoms with Gasteiger partial charge in [-0.05, 0) is 64.2 Å². The second kappa shape index (κ2) is 65.4. The van der Waals surface area contributed by atoms with Crippen molar-refractivity contribution in [2.45, 2.75) is 393 Å². The summed E-state index contributed by atoms with van der Waals surface area (Å²) in [5, 5.41) is 0. The Balaban J connectivity index is 4.13. The Morgan fingerprint density at radius 3 is 0.711 bits per heavy atom. The largest absolute Gasteiger partial charge is 0.462 e. The summed E-state index contributed by atoms with van der Waals surface area (Å²) in [6.07, 6.45) is 79.3. The summed E-state index contributed by atoms with van der Waals surface area (Å²) in [5.41, 5.74) is 0. The normalized spacial score (nSPS) is 12.1. The van der Waals surface area contributed by atoms with Gasteiger partial charge < -0.3 is 14.2 Å². The highest BCUT2D eigenvalue weighted by Crippen LogP contribution is 2.18. The Bertz CT molecular complexity index is 1230. The van der Waals surface area contributed by atoms with Gasteiger partial charge in [-0.15, -0.1) is 0 Å². The van der Waals surface area contributed by atoms with Gasteiger partial charge in [0.1, 0.15) is 13.2 Å². The Hall–Kier alpha value is -2.11. The van der Waals surface area contributed by atoms with Crippen molar-refractivity contribution in [1.82, 2.24) is 0 Å². The average molecular weight is 1070 g/mol. The zero-order valence-electron chi connectivity index (χ0n) is 51.6. The molecule has 0 radical (unpaired) electrons. The second-order valence-corrected chi connectivity index (χ2v) is 23.4. The number of allylic oxidation sites excluding steroid dienone is 4. The molecule has 6 nitrogen and oxygen atoms in total. The van der Waals surface area contributed by atoms with Gasteiger partial charge in [-0.25, -0.2) is 0 Å². The zero-order chi connectivity index (χ0) is 55.0. The van der Waals surface area contributed by atoms with Crippen molar-refractivity contribution < 1.29 is 28.6 Å². The van der Waals surface area contributed by atoms with Crippen LogP contribution in [0.5, 0.6) is 0 Å². The fourth-order valence-electron chi connectivity index (χ4n) is 10.5. The molecule has 0 bridgehead atoms. The lowest BCUT2D eigenvalue weighted by Crippen LogP contribution is -2.30. The molecule has 0 saturated heterocycles. The molecule has 0 aromatic rings. The molecule has 0 spiro atoms. The first-order chi connectivity index (χ1) is 37.5. The number of unbranched alkanes of at least 4 members (excludes halogenated alkanes) is 49. The molecule has 0 aliphatic heterocycles. The van der Waals surface area contributed by atoms with E-state index < -0.39 is 6.10 Å². The van der Waals surface area contributed by atoms with Gasteiger partial charge in [0, 0.05) is 19.3 Å². The molecule has 0 aliphatic carbocycles. The third kappa shape index (κ3) is 62.7. The molecule has 0 amide bonds. The van der Waals surface area contributed by atoms with Crippen LogP contribution in [-0.4, -0.2) is 37.2 Å². The monoisotopic (exact) mass is 1070 g/mol. The van der Waals surface area contributed by atoms with E-state index in [2.05, 4.69) is 45.1 Å². The maximum Gasteiger partial charge on any atom is 0.306 e. The molecule has 0 heterocycles. The number of hydrogen-bond acceptors (Lipinski definition) is 6. The van der Waals surface area contributed by atoms with E-state index in [0.29, 0.717) is 19.3 Å². The summed E-state index contributed by atoms with van der Waals surface area (Å²) < 4.78 is 16.9. The van der Waals surface area contributed by atoms with Crippen LogP contribution in [0.15, 0.2) is 24.3 Å². The van der Waals surface area contributed by atoms with E-state index in [1.54, 1.807) is 0 Å². The van der Waals surface area contributed by atoms with Crippen molar-refractivity contribution in [2.24, 2.45) is 0 Å². The smallest absolute Gasteiger partial charge is 0.306 e. The van der Waals surface area contributed by atoms with Crippen molar-refractivity contribution in [1.29, 1.82) is 0 Å². The van der Waals surface area contributed by atoms with Gasteiger partial charge >= 0.3 is 17.9 Å². The van der Waals surface area contributed by atoms with Gasteiger partial charge in [-0.1, -0.05) is 328 Å². The van der Waals surface area contributed by atoms with Gasteiger partial charge in [0.2, 0.25) is 0 Å². The van der Waals surface area contributed by atoms with Crippen LogP contribution in [0.3, 0.4) is 0 Å². The number of carbonyl (C=O) groups excluding carboxylic acids is 3. The Kier molecular flexibility index (Phi) is 63.6. The molecule has 0 rings (SSSR count). The number of rotatable bonds is 64. The lowest BCUT2D eigenvalue weighted by Gasteiger charge is -2.18. The zero-order valence-corrected chi connectivity index (χ0v) is 51.6. The summed E-state index contributed by atoms with van der Waals surface area (Å²) >= 11 is 0. The Morgan fingerprint density at radius 1 is 0.250 bits per heavy atom. The fourth-order valence-corrected chi connectivity index (χ4v) is 10.5. The average Bonchev–Trinajstić information content (AvgIpc) is 3.42. The molecule has 0 N–H and O–H groups in total. The summed E-state index contributed by atoms with van der Waals surface area (Å²) in [7, 11) is 0. The van der Waals surface area contributed by atoms with Crippen molar-refractivity contribution in [3.05, 3.63) is 24.3 Å². The predicted molar refractivity (Wildman–Crippen MR) is 330 cm³/mol. The maximum absolute atomic E-state index is 12.9. The van der Waals surface area contributed by atoms with E-state index in [4.69, 9.17) is 14.2 Å². The third-order valence-corrected chi connectivity index (χ3v) is 15.7. The van der Waals surface area contributed by atoms with Gasteiger partial charge in [-0.3, -0.25) is 14.4 Å². The number of hydrogen-bond donors (Lipinski definition) is 0. The molecule has 1 unspecified atom stereocenters. The van der Waals surface area contributed by atoms with Crippen molar-refractivity contribution >= 4 is 17.9 Å². The SMILES string of the molecule is CCC/C=C\CCCCCCCC(=O)OCC(COC(=O)CCCCCCCCCCCCCCCCC/C=C\CCCCCCCCCC)OC(=O)CCCCCCCCCCCCCCCCCCCCCCC. The molecule has 0 saturated carbocycles. The van der Waals surface area contributed by atoms with Gasteiger partial charge in [0.15, 0.2) is 6.10 Å². The van der Waals surface area contributed by atoms with Gasteiger partial charge in [0.05, 0.1) is 0 Å². The van der Waals surface area contributed by atoms with Crippen LogP contribution in [0, 0.1) is 0 Å². The molecule has 1 atom stereocenters. The number of esters is 3. The van der Waals surface area contributed by atoms with E-state index in [9.17, 15) is 14.4 Å². The Labute approximate surface area is 474 Å². The minimum atomic E-state index is -0.771. The van der Waals surface area contributed by atoms with Crippen LogP contribution >= 0.6 is 0 Å². The molecule has 0 fully saturated rings. The minimum absolute atomic E-state index is 0.0683. The third-order valence-electron chi connectivity index (χ3n) is 15.7. The minimum Gasteiger partial charge on any atom is -0.462 e. The van der Waals surface area contributed by atoms with Gasteiger partial charge in [0.25, 0.3) is 0 Å². The highest BCUT2D eigenvalue weighted by molar-refractivity contribution is 5.71. The number of carbonyl (C=O) groups is 3. The molecular formula is C70H132O6. The first-order valence-corrected chi connectivity index (χ1v) is 34.3. The highest BCUT2D eigenvalue weighted by Gasteiger charge is 2.19. The van der Waals surface area contributed by atoms with Crippen LogP contribution in [0.2, 0.25) is 0 Å². The topological polar surface area (TPSA) is 78.9 Å². The fraction of sp³-hybridized carbons (Fsp3) is 0.900. The van der Waals surface area contributed by atoms with Crippen LogP contribution in [0.25, 0.3) is 0 Å². The summed E-state index contributed by atoms with van der Waals surface area (Å²) in [4.78, 5) is 38.3. The molecule has 0 aliphatic rings. The van der Waals surface area contributed by atoms with Crippen molar-refractivity contribution in [2.75, 3.05) is 13.2 Å². The van der Waals surface area contributed by atoms with E-state index in [1.807, 2.05) is 0 Å². The van der Waals surface area contributed by atoms with Crippen molar-refractivity contribution in [3.63, 3.8) is 0 Å². The summed E-state index contributed by atoms with van der Waals surface area (Å²) in [5.74, 6) is -0.851. The number of ether oxygens (including phenoxy) is 3. The van der Waals surface area contributed by atoms with Gasteiger partial charge in [-0.2, -0.15) is 0 Å². The molecule has 0 aromatic carbocycles. The van der Waals surface area contributed by atoms with Crippen LogP contribution in [0.1, 0.15) is 387 Å². The Morgan fingerprint density at radius 2 is 0.461 bits per heavy atom. The molecule has 0 aromatic heterocycles. The molecule has 6 heteroatoms. The van der Waals surface area contributed by atoms with E-state index in [-0.39, 0.29) is 31.1 Å². The first kappa shape index (κ1) is 73.9. The predicted octanol–water partition coefficient (Wildman–Crippen LogP) is 23.4. The lowest BCUT2D eigenvalue weighted by atomic mass is 10.0. The highest BCUT2D eigenvalue weighted by atomic mass is 16.6. The summed E-state index contributed by atoms with van der Waals surface area (Å²) in [6.45, 7) is 6.65. The van der Waals surface area contributed by atoms with E-state index >= 15 is 0 Å². The quantitative estimate of drug-likeness (QED) is 0.0261. The summed E-state index contributed by atoms with van der Waals surface area (Å²) in [6, 6.07) is 0. The van der Waals surface area contributed by atoms with Crippen molar-refractivity contribution in [3.8, 4) is 0 Å². The second-order valence-electron chi connectivity index (χ2n) is 23.4. The van der Waals surface area contributed by atoms with E-state index in [1.165, 1.54) is 276 Å². The van der Waals surface area contributed by atoms with Crippen LogP contribution < -0.4 is 0 Å². The molecular weight excluding hydrogens is 937 g/mol. The first-order valence-electron chi connectivity index (χ1n) is 34.3.